The van der Waals surface area contributed by atoms with E-state index in [0.717, 1.165) is 17.1 Å². The van der Waals surface area contributed by atoms with Crippen LogP contribution >= 0.6 is 11.3 Å². The first-order chi connectivity index (χ1) is 6.26. The van der Waals surface area contributed by atoms with E-state index in [1.54, 1.807) is 18.4 Å². The predicted octanol–water partition coefficient (Wildman–Crippen LogP) is 1.13. The molecule has 0 aliphatic heterocycles. The molecule has 0 fully saturated rings. The Morgan fingerprint density at radius 3 is 3.00 bits per heavy atom. The Morgan fingerprint density at radius 1 is 1.69 bits per heavy atom. The molecule has 1 rings (SSSR count). The van der Waals surface area contributed by atoms with Crippen molar-refractivity contribution >= 4 is 17.4 Å². The topological polar surface area (TPSA) is 54.0 Å². The van der Waals surface area contributed by atoms with Crippen molar-refractivity contribution in [2.45, 2.75) is 19.9 Å². The molecule has 0 aromatic carbocycles. The van der Waals surface area contributed by atoms with Gasteiger partial charge in [-0.3, -0.25) is 0 Å². The summed E-state index contributed by atoms with van der Waals surface area (Å²) < 4.78 is 0. The summed E-state index contributed by atoms with van der Waals surface area (Å²) in [5, 5.41) is 8.23. The molecule has 1 aromatic rings. The van der Waals surface area contributed by atoms with Crippen LogP contribution in [0.2, 0.25) is 0 Å². The van der Waals surface area contributed by atoms with Gasteiger partial charge in [0.1, 0.15) is 0 Å². The fraction of sp³-hybridized carbons (Fsp3) is 0.500. The summed E-state index contributed by atoms with van der Waals surface area (Å²) in [6, 6.07) is -0.175. The van der Waals surface area contributed by atoms with E-state index < -0.39 is 0 Å². The maximum Gasteiger partial charge on any atom is 0.314 e. The molecule has 0 saturated carbocycles. The summed E-state index contributed by atoms with van der Waals surface area (Å²) >= 11 is 1.63. The average molecular weight is 199 g/mol. The van der Waals surface area contributed by atoms with Gasteiger partial charge >= 0.3 is 6.03 Å². The third kappa shape index (κ3) is 3.02. The van der Waals surface area contributed by atoms with Crippen LogP contribution in [0.15, 0.2) is 5.38 Å². The highest BCUT2D eigenvalue weighted by Crippen LogP contribution is 2.09. The second-order valence-electron chi connectivity index (χ2n) is 2.52. The van der Waals surface area contributed by atoms with Gasteiger partial charge in [-0.1, -0.05) is 6.92 Å². The van der Waals surface area contributed by atoms with E-state index in [2.05, 4.69) is 22.5 Å². The van der Waals surface area contributed by atoms with Gasteiger partial charge in [0.05, 0.1) is 17.2 Å². The first kappa shape index (κ1) is 9.98. The number of hydrogen-bond donors (Lipinski definition) is 2. The van der Waals surface area contributed by atoms with Gasteiger partial charge in [0.2, 0.25) is 0 Å². The largest absolute Gasteiger partial charge is 0.341 e. The average Bonchev–Trinajstić information content (AvgIpc) is 2.61. The Balaban J connectivity index is 2.41. The molecule has 0 bridgehead atoms. The Labute approximate surface area is 81.4 Å². The van der Waals surface area contributed by atoms with Crippen molar-refractivity contribution in [1.82, 2.24) is 15.6 Å². The maximum absolute atomic E-state index is 10.8. The number of aromatic nitrogens is 1. The number of rotatable bonds is 3. The number of carbonyl (C=O) groups excluding carboxylic acids is 1. The molecule has 1 heterocycles. The van der Waals surface area contributed by atoms with E-state index in [9.17, 15) is 4.79 Å². The SMILES string of the molecule is CCc1nc(CNC(=O)NC)cs1. The quantitative estimate of drug-likeness (QED) is 0.767. The van der Waals surface area contributed by atoms with Gasteiger partial charge in [-0.05, 0) is 6.42 Å². The zero-order valence-corrected chi connectivity index (χ0v) is 8.57. The van der Waals surface area contributed by atoms with Gasteiger partial charge in [-0.15, -0.1) is 11.3 Å². The van der Waals surface area contributed by atoms with Crippen molar-refractivity contribution in [2.75, 3.05) is 7.05 Å². The van der Waals surface area contributed by atoms with Gasteiger partial charge < -0.3 is 10.6 Å². The minimum Gasteiger partial charge on any atom is -0.341 e. The van der Waals surface area contributed by atoms with Crippen LogP contribution in [0, 0.1) is 0 Å². The maximum atomic E-state index is 10.8. The molecular formula is C8H13N3OS. The molecule has 2 amide bonds. The summed E-state index contributed by atoms with van der Waals surface area (Å²) in [7, 11) is 1.59. The summed E-state index contributed by atoms with van der Waals surface area (Å²) in [5.74, 6) is 0. The standard InChI is InChI=1S/C8H13N3OS/c1-3-7-11-6(5-13-7)4-10-8(12)9-2/h5H,3-4H2,1-2H3,(H2,9,10,12). The lowest BCUT2D eigenvalue weighted by molar-refractivity contribution is 0.242. The van der Waals surface area contributed by atoms with Crippen LogP contribution in [-0.2, 0) is 13.0 Å². The third-order valence-corrected chi connectivity index (χ3v) is 2.60. The Morgan fingerprint density at radius 2 is 2.46 bits per heavy atom. The number of carbonyl (C=O) groups is 1. The lowest BCUT2D eigenvalue weighted by Gasteiger charge is -2.00. The van der Waals surface area contributed by atoms with E-state index in [0.29, 0.717) is 6.54 Å². The van der Waals surface area contributed by atoms with E-state index in [4.69, 9.17) is 0 Å². The number of aryl methyl sites for hydroxylation is 1. The van der Waals surface area contributed by atoms with Crippen LogP contribution in [0.4, 0.5) is 4.79 Å². The Hall–Kier alpha value is -1.10. The van der Waals surface area contributed by atoms with Crippen molar-refractivity contribution in [3.05, 3.63) is 16.1 Å². The zero-order valence-electron chi connectivity index (χ0n) is 7.76. The number of hydrogen-bond acceptors (Lipinski definition) is 3. The fourth-order valence-corrected chi connectivity index (χ4v) is 1.60. The Bertz CT molecular complexity index is 285. The molecule has 72 valence electrons. The molecule has 0 saturated heterocycles. The molecular weight excluding hydrogens is 186 g/mol. The molecule has 1 aromatic heterocycles. The van der Waals surface area contributed by atoms with Crippen molar-refractivity contribution in [2.24, 2.45) is 0 Å². The predicted molar refractivity (Wildman–Crippen MR) is 52.8 cm³/mol. The van der Waals surface area contributed by atoms with Crippen LogP contribution in [-0.4, -0.2) is 18.1 Å². The molecule has 0 aliphatic carbocycles. The highest BCUT2D eigenvalue weighted by atomic mass is 32.1. The lowest BCUT2D eigenvalue weighted by Crippen LogP contribution is -2.32. The van der Waals surface area contributed by atoms with Crippen LogP contribution in [0.5, 0.6) is 0 Å². The fourth-order valence-electron chi connectivity index (χ4n) is 0.852. The van der Waals surface area contributed by atoms with E-state index in [1.807, 2.05) is 5.38 Å². The second kappa shape index (κ2) is 4.81. The van der Waals surface area contributed by atoms with Crippen molar-refractivity contribution in [3.8, 4) is 0 Å². The number of amides is 2. The first-order valence-electron chi connectivity index (χ1n) is 4.15. The van der Waals surface area contributed by atoms with Gasteiger partial charge in [-0.25, -0.2) is 9.78 Å². The van der Waals surface area contributed by atoms with Gasteiger partial charge in [0.15, 0.2) is 0 Å². The van der Waals surface area contributed by atoms with Crippen LogP contribution in [0.3, 0.4) is 0 Å². The molecule has 2 N–H and O–H groups in total. The van der Waals surface area contributed by atoms with Crippen LogP contribution in [0.1, 0.15) is 17.6 Å². The molecule has 0 spiro atoms. The van der Waals surface area contributed by atoms with E-state index >= 15 is 0 Å². The van der Waals surface area contributed by atoms with E-state index in [1.165, 1.54) is 0 Å². The van der Waals surface area contributed by atoms with Crippen molar-refractivity contribution in [3.63, 3.8) is 0 Å². The van der Waals surface area contributed by atoms with Crippen LogP contribution < -0.4 is 10.6 Å². The van der Waals surface area contributed by atoms with Crippen molar-refractivity contribution in [1.29, 1.82) is 0 Å². The van der Waals surface area contributed by atoms with Crippen LogP contribution in [0.25, 0.3) is 0 Å². The molecule has 5 heteroatoms. The third-order valence-electron chi connectivity index (χ3n) is 1.56. The number of nitrogens with one attached hydrogen (secondary N) is 2. The monoisotopic (exact) mass is 199 g/mol. The summed E-state index contributed by atoms with van der Waals surface area (Å²) in [6.45, 7) is 2.56. The molecule has 0 radical (unpaired) electrons. The smallest absolute Gasteiger partial charge is 0.314 e. The molecule has 4 nitrogen and oxygen atoms in total. The molecule has 13 heavy (non-hydrogen) atoms. The summed E-state index contributed by atoms with van der Waals surface area (Å²) in [5.41, 5.74) is 0.922. The molecule has 0 aliphatic rings. The minimum atomic E-state index is -0.175. The molecule has 0 unspecified atom stereocenters. The highest BCUT2D eigenvalue weighted by Gasteiger charge is 2.01. The normalized spacial score (nSPS) is 9.69. The number of urea groups is 1. The lowest BCUT2D eigenvalue weighted by atomic mass is 10.4. The van der Waals surface area contributed by atoms with Crippen molar-refractivity contribution < 1.29 is 4.79 Å². The van der Waals surface area contributed by atoms with Gasteiger partial charge in [0.25, 0.3) is 0 Å². The second-order valence-corrected chi connectivity index (χ2v) is 3.46. The number of nitrogens with zero attached hydrogens (tertiary/aromatic N) is 1. The van der Waals surface area contributed by atoms with Gasteiger partial charge in [0, 0.05) is 12.4 Å². The summed E-state index contributed by atoms with van der Waals surface area (Å²) in [6.07, 6.45) is 0.949. The van der Waals surface area contributed by atoms with Gasteiger partial charge in [-0.2, -0.15) is 0 Å². The zero-order chi connectivity index (χ0) is 9.68. The molecule has 0 atom stereocenters. The summed E-state index contributed by atoms with van der Waals surface area (Å²) in [4.78, 5) is 15.1. The number of thiazole rings is 1. The highest BCUT2D eigenvalue weighted by molar-refractivity contribution is 7.09. The minimum absolute atomic E-state index is 0.175. The van der Waals surface area contributed by atoms with E-state index in [-0.39, 0.29) is 6.03 Å². The Kier molecular flexibility index (Phi) is 3.70. The first-order valence-corrected chi connectivity index (χ1v) is 5.03.